The maximum atomic E-state index is 13.3. The average molecular weight is 541 g/mol. The van der Waals surface area contributed by atoms with Crippen LogP contribution in [0.15, 0.2) is 24.3 Å². The van der Waals surface area contributed by atoms with Gasteiger partial charge in [-0.25, -0.2) is 13.8 Å². The van der Waals surface area contributed by atoms with Crippen LogP contribution in [0, 0.1) is 5.41 Å². The number of amides is 1. The van der Waals surface area contributed by atoms with E-state index in [-0.39, 0.29) is 30.7 Å². The van der Waals surface area contributed by atoms with Gasteiger partial charge in [-0.15, -0.1) is 0 Å². The van der Waals surface area contributed by atoms with E-state index in [0.29, 0.717) is 38.8 Å². The molecule has 0 aliphatic rings. The predicted molar refractivity (Wildman–Crippen MR) is 143 cm³/mol. The van der Waals surface area contributed by atoms with Crippen LogP contribution >= 0.6 is 0 Å². The van der Waals surface area contributed by atoms with Crippen molar-refractivity contribution in [3.63, 3.8) is 0 Å². The van der Waals surface area contributed by atoms with Gasteiger partial charge in [-0.2, -0.15) is 0 Å². The van der Waals surface area contributed by atoms with E-state index < -0.39 is 32.4 Å². The summed E-state index contributed by atoms with van der Waals surface area (Å²) >= 11 is 0. The molecule has 1 rings (SSSR count). The molecule has 2 N–H and O–H groups in total. The number of hydrogen-bond donors (Lipinski definition) is 2. The highest BCUT2D eigenvalue weighted by Crippen LogP contribution is 2.34. The second-order valence-electron chi connectivity index (χ2n) is 10.2. The van der Waals surface area contributed by atoms with Crippen molar-refractivity contribution in [3.8, 4) is 0 Å². The number of nitrogens with one attached hydrogen (secondary N) is 2. The Bertz CT molecular complexity index is 1010. The van der Waals surface area contributed by atoms with E-state index in [0.717, 1.165) is 11.1 Å². The molecular weight excluding hydrogens is 496 g/mol. The molecule has 0 radical (unpaired) electrons. The van der Waals surface area contributed by atoms with Crippen LogP contribution in [0.5, 0.6) is 0 Å². The summed E-state index contributed by atoms with van der Waals surface area (Å²) in [5.41, 5.74) is 5.91. The average Bonchev–Trinajstić information content (AvgIpc) is 2.80. The fraction of sp³-hybridized carbons (Fsp3) is 0.667. The SMILES string of the molecule is CCNNC(=O)C(C)(CCCC(C)(C)CS(=O)(=O)CC(=O)OCC)c1cccc(CCC(=O)OCC)c1. The zero-order valence-electron chi connectivity index (χ0n) is 23.1. The Balaban J connectivity index is 3.00. The number of hydrogen-bond acceptors (Lipinski definition) is 8. The fourth-order valence-corrected chi connectivity index (χ4v) is 6.15. The van der Waals surface area contributed by atoms with Gasteiger partial charge in [0.2, 0.25) is 5.91 Å². The number of sulfone groups is 1. The van der Waals surface area contributed by atoms with Gasteiger partial charge in [0, 0.05) is 13.0 Å². The largest absolute Gasteiger partial charge is 0.466 e. The standard InChI is InChI=1S/C27H44N2O7S/c1-7-28-29-25(32)27(6,22-13-10-12-21(18-22)14-15-23(30)35-8-2)17-11-16-26(4,5)20-37(33,34)19-24(31)36-9-3/h10,12-13,18,28H,7-9,11,14-17,19-20H2,1-6H3,(H,29,32). The van der Waals surface area contributed by atoms with Crippen molar-refractivity contribution in [1.29, 1.82) is 0 Å². The van der Waals surface area contributed by atoms with Crippen molar-refractivity contribution >= 4 is 27.7 Å². The van der Waals surface area contributed by atoms with Crippen LogP contribution in [-0.2, 0) is 45.5 Å². The first-order valence-corrected chi connectivity index (χ1v) is 14.7. The molecule has 1 unspecified atom stereocenters. The zero-order chi connectivity index (χ0) is 28.1. The Morgan fingerprint density at radius 2 is 1.59 bits per heavy atom. The molecule has 1 aromatic rings. The topological polar surface area (TPSA) is 128 Å². The molecular formula is C27H44N2O7S. The summed E-state index contributed by atoms with van der Waals surface area (Å²) in [7, 11) is -3.63. The van der Waals surface area contributed by atoms with Crippen molar-refractivity contribution in [2.45, 2.75) is 79.1 Å². The van der Waals surface area contributed by atoms with Crippen molar-refractivity contribution < 1.29 is 32.3 Å². The quantitative estimate of drug-likeness (QED) is 0.228. The van der Waals surface area contributed by atoms with E-state index >= 15 is 0 Å². The van der Waals surface area contributed by atoms with E-state index in [2.05, 4.69) is 10.9 Å². The second-order valence-corrected chi connectivity index (χ2v) is 12.2. The Kier molecular flexibility index (Phi) is 13.3. The van der Waals surface area contributed by atoms with Crippen LogP contribution in [-0.4, -0.2) is 57.5 Å². The van der Waals surface area contributed by atoms with E-state index in [4.69, 9.17) is 9.47 Å². The van der Waals surface area contributed by atoms with E-state index in [9.17, 15) is 22.8 Å². The van der Waals surface area contributed by atoms with Gasteiger partial charge in [-0.3, -0.25) is 19.8 Å². The Morgan fingerprint density at radius 3 is 2.22 bits per heavy atom. The molecule has 0 bridgehead atoms. The van der Waals surface area contributed by atoms with Gasteiger partial charge in [0.25, 0.3) is 0 Å². The second kappa shape index (κ2) is 15.1. The van der Waals surface area contributed by atoms with Crippen LogP contribution in [0.2, 0.25) is 0 Å². The van der Waals surface area contributed by atoms with Crippen LogP contribution in [0.3, 0.4) is 0 Å². The van der Waals surface area contributed by atoms with Gasteiger partial charge >= 0.3 is 11.9 Å². The Morgan fingerprint density at radius 1 is 0.946 bits per heavy atom. The fourth-order valence-electron chi connectivity index (χ4n) is 4.27. The maximum absolute atomic E-state index is 13.3. The summed E-state index contributed by atoms with van der Waals surface area (Å²) in [6, 6.07) is 7.64. The number of benzene rings is 1. The van der Waals surface area contributed by atoms with E-state index in [1.165, 1.54) is 0 Å². The minimum atomic E-state index is -3.63. The molecule has 0 aliphatic carbocycles. The van der Waals surface area contributed by atoms with Crippen LogP contribution in [0.1, 0.15) is 78.4 Å². The van der Waals surface area contributed by atoms with Gasteiger partial charge in [-0.05, 0) is 56.6 Å². The van der Waals surface area contributed by atoms with E-state index in [1.54, 1.807) is 13.8 Å². The lowest BCUT2D eigenvalue weighted by Gasteiger charge is -2.31. The van der Waals surface area contributed by atoms with Gasteiger partial charge in [0.05, 0.1) is 24.4 Å². The molecule has 0 spiro atoms. The lowest BCUT2D eigenvalue weighted by molar-refractivity contribution is -0.143. The molecule has 37 heavy (non-hydrogen) atoms. The molecule has 1 atom stereocenters. The number of carbonyl (C=O) groups excluding carboxylic acids is 3. The number of hydrazine groups is 1. The summed E-state index contributed by atoms with van der Waals surface area (Å²) in [5.74, 6) is -1.98. The molecule has 0 aromatic heterocycles. The normalized spacial score (nSPS) is 13.5. The molecule has 0 aliphatic heterocycles. The summed E-state index contributed by atoms with van der Waals surface area (Å²) in [4.78, 5) is 36.7. The first-order valence-electron chi connectivity index (χ1n) is 12.9. The summed E-state index contributed by atoms with van der Waals surface area (Å²) in [6.07, 6.45) is 2.37. The summed E-state index contributed by atoms with van der Waals surface area (Å²) in [5, 5.41) is 0. The smallest absolute Gasteiger partial charge is 0.321 e. The third-order valence-corrected chi connectivity index (χ3v) is 8.05. The van der Waals surface area contributed by atoms with Crippen molar-refractivity contribution in [2.24, 2.45) is 5.41 Å². The molecule has 1 amide bonds. The van der Waals surface area contributed by atoms with Gasteiger partial charge in [0.1, 0.15) is 5.75 Å². The van der Waals surface area contributed by atoms with Gasteiger partial charge in [-0.1, -0.05) is 51.5 Å². The maximum Gasteiger partial charge on any atom is 0.321 e. The van der Waals surface area contributed by atoms with Crippen molar-refractivity contribution in [1.82, 2.24) is 10.9 Å². The van der Waals surface area contributed by atoms with Crippen molar-refractivity contribution in [2.75, 3.05) is 31.3 Å². The number of ether oxygens (including phenoxy) is 2. The number of rotatable bonds is 17. The molecule has 0 heterocycles. The monoisotopic (exact) mass is 540 g/mol. The molecule has 10 heteroatoms. The lowest BCUT2D eigenvalue weighted by atomic mass is 9.75. The molecule has 0 fully saturated rings. The molecule has 210 valence electrons. The Hall–Kier alpha value is -2.46. The molecule has 0 saturated heterocycles. The number of esters is 2. The van der Waals surface area contributed by atoms with Gasteiger partial charge < -0.3 is 9.47 Å². The highest BCUT2D eigenvalue weighted by molar-refractivity contribution is 7.92. The van der Waals surface area contributed by atoms with Crippen LogP contribution in [0.4, 0.5) is 0 Å². The molecule has 1 aromatic carbocycles. The minimum Gasteiger partial charge on any atom is -0.466 e. The number of carbonyl (C=O) groups is 3. The number of aryl methyl sites for hydroxylation is 1. The van der Waals surface area contributed by atoms with Crippen LogP contribution < -0.4 is 10.9 Å². The first-order chi connectivity index (χ1) is 17.3. The third-order valence-electron chi connectivity index (χ3n) is 6.15. The lowest BCUT2D eigenvalue weighted by Crippen LogP contribution is -2.48. The van der Waals surface area contributed by atoms with Gasteiger partial charge in [0.15, 0.2) is 9.84 Å². The third kappa shape index (κ3) is 11.6. The summed E-state index contributed by atoms with van der Waals surface area (Å²) in [6.45, 7) is 11.9. The predicted octanol–water partition coefficient (Wildman–Crippen LogP) is 3.26. The van der Waals surface area contributed by atoms with E-state index in [1.807, 2.05) is 52.0 Å². The highest BCUT2D eigenvalue weighted by Gasteiger charge is 2.36. The highest BCUT2D eigenvalue weighted by atomic mass is 32.2. The Labute approximate surface area is 222 Å². The minimum absolute atomic E-state index is 0.134. The molecule has 9 nitrogen and oxygen atoms in total. The summed E-state index contributed by atoms with van der Waals surface area (Å²) < 4.78 is 34.8. The molecule has 0 saturated carbocycles. The first kappa shape index (κ1) is 32.6. The van der Waals surface area contributed by atoms with Crippen LogP contribution in [0.25, 0.3) is 0 Å². The van der Waals surface area contributed by atoms with Crippen molar-refractivity contribution in [3.05, 3.63) is 35.4 Å². The zero-order valence-corrected chi connectivity index (χ0v) is 24.0.